The zero-order valence-corrected chi connectivity index (χ0v) is 8.54. The Morgan fingerprint density at radius 2 is 2.46 bits per heavy atom. The fourth-order valence-corrected chi connectivity index (χ4v) is 1.91. The van der Waals surface area contributed by atoms with Gasteiger partial charge >= 0.3 is 0 Å². The molecule has 0 saturated heterocycles. The Kier molecular flexibility index (Phi) is 2.54. The third kappa shape index (κ3) is 2.02. The molecule has 1 aliphatic rings. The summed E-state index contributed by atoms with van der Waals surface area (Å²) in [4.78, 5) is 0. The molecule has 4 heteroatoms. The molecule has 1 fully saturated rings. The molecule has 0 bridgehead atoms. The van der Waals surface area contributed by atoms with Gasteiger partial charge in [-0.1, -0.05) is 19.8 Å². The predicted molar refractivity (Wildman–Crippen MR) is 51.7 cm³/mol. The molecule has 0 aliphatic heterocycles. The molecule has 1 unspecified atom stereocenters. The molecular formula is C9H14ClN3. The second-order valence-electron chi connectivity index (χ2n) is 3.75. The number of hydrogen-bond donors (Lipinski definition) is 0. The van der Waals surface area contributed by atoms with Gasteiger partial charge in [-0.2, -0.15) is 0 Å². The second-order valence-corrected chi connectivity index (χ2v) is 4.09. The number of hydrogen-bond acceptors (Lipinski definition) is 2. The van der Waals surface area contributed by atoms with Crippen LogP contribution in [0.1, 0.15) is 38.6 Å². The maximum atomic E-state index is 5.91. The summed E-state index contributed by atoms with van der Waals surface area (Å²) < 4.78 is 1.99. The zero-order chi connectivity index (χ0) is 9.26. The molecule has 13 heavy (non-hydrogen) atoms. The first-order valence-electron chi connectivity index (χ1n) is 4.86. The molecule has 1 saturated carbocycles. The van der Waals surface area contributed by atoms with Crippen LogP contribution in [0.2, 0.25) is 5.28 Å². The second kappa shape index (κ2) is 3.66. The molecule has 1 aromatic rings. The van der Waals surface area contributed by atoms with Crippen LogP contribution in [-0.4, -0.2) is 14.8 Å². The van der Waals surface area contributed by atoms with Gasteiger partial charge in [0.2, 0.25) is 5.28 Å². The topological polar surface area (TPSA) is 30.7 Å². The SMILES string of the molecule is CCC(CC1CC1)n1cnnc1Cl. The van der Waals surface area contributed by atoms with Gasteiger partial charge in [-0.25, -0.2) is 0 Å². The summed E-state index contributed by atoms with van der Waals surface area (Å²) in [7, 11) is 0. The molecular weight excluding hydrogens is 186 g/mol. The van der Waals surface area contributed by atoms with E-state index in [4.69, 9.17) is 11.6 Å². The molecule has 1 atom stereocenters. The van der Waals surface area contributed by atoms with Gasteiger partial charge in [-0.3, -0.25) is 0 Å². The standard InChI is InChI=1S/C9H14ClN3/c1-2-8(5-7-3-4-7)13-6-11-12-9(13)10/h6-8H,2-5H2,1H3. The minimum absolute atomic E-state index is 0.495. The Morgan fingerprint density at radius 3 is 2.92 bits per heavy atom. The van der Waals surface area contributed by atoms with E-state index in [0.717, 1.165) is 12.3 Å². The number of aromatic nitrogens is 3. The van der Waals surface area contributed by atoms with Crippen molar-refractivity contribution in [1.82, 2.24) is 14.8 Å². The van der Waals surface area contributed by atoms with Gasteiger partial charge < -0.3 is 4.57 Å². The predicted octanol–water partition coefficient (Wildman–Crippen LogP) is 2.68. The molecule has 0 amide bonds. The molecule has 1 heterocycles. The van der Waals surface area contributed by atoms with E-state index in [1.165, 1.54) is 19.3 Å². The summed E-state index contributed by atoms with van der Waals surface area (Å²) in [5, 5.41) is 8.11. The van der Waals surface area contributed by atoms with E-state index in [9.17, 15) is 0 Å². The van der Waals surface area contributed by atoms with Crippen LogP contribution in [0.5, 0.6) is 0 Å². The van der Waals surface area contributed by atoms with E-state index < -0.39 is 0 Å². The third-order valence-electron chi connectivity index (χ3n) is 2.70. The fourth-order valence-electron chi connectivity index (χ4n) is 1.69. The average molecular weight is 200 g/mol. The van der Waals surface area contributed by atoms with Crippen LogP contribution in [0.25, 0.3) is 0 Å². The molecule has 3 nitrogen and oxygen atoms in total. The van der Waals surface area contributed by atoms with Crippen LogP contribution in [-0.2, 0) is 0 Å². The summed E-state index contributed by atoms with van der Waals surface area (Å²) in [6.45, 7) is 2.18. The molecule has 1 aromatic heterocycles. The fraction of sp³-hybridized carbons (Fsp3) is 0.778. The lowest BCUT2D eigenvalue weighted by atomic mass is 10.1. The van der Waals surface area contributed by atoms with Crippen molar-refractivity contribution in [1.29, 1.82) is 0 Å². The van der Waals surface area contributed by atoms with Crippen molar-refractivity contribution in [3.63, 3.8) is 0 Å². The normalized spacial score (nSPS) is 18.9. The summed E-state index contributed by atoms with van der Waals surface area (Å²) in [5.74, 6) is 0.920. The minimum atomic E-state index is 0.495. The molecule has 2 rings (SSSR count). The van der Waals surface area contributed by atoms with Crippen molar-refractivity contribution in [2.45, 2.75) is 38.6 Å². The van der Waals surface area contributed by atoms with Crippen LogP contribution >= 0.6 is 11.6 Å². The largest absolute Gasteiger partial charge is 0.301 e. The van der Waals surface area contributed by atoms with E-state index in [0.29, 0.717) is 11.3 Å². The molecule has 0 N–H and O–H groups in total. The van der Waals surface area contributed by atoms with Crippen molar-refractivity contribution in [3.05, 3.63) is 11.6 Å². The summed E-state index contributed by atoms with van der Waals surface area (Å²) in [5.41, 5.74) is 0. The van der Waals surface area contributed by atoms with Gasteiger partial charge in [0.25, 0.3) is 0 Å². The number of rotatable bonds is 4. The summed E-state index contributed by atoms with van der Waals surface area (Å²) in [6.07, 6.45) is 6.84. The Hall–Kier alpha value is -0.570. The highest BCUT2D eigenvalue weighted by molar-refractivity contribution is 6.28. The van der Waals surface area contributed by atoms with E-state index >= 15 is 0 Å². The summed E-state index contributed by atoms with van der Waals surface area (Å²) >= 11 is 5.91. The first-order valence-corrected chi connectivity index (χ1v) is 5.24. The van der Waals surface area contributed by atoms with Crippen LogP contribution < -0.4 is 0 Å². The Morgan fingerprint density at radius 1 is 1.69 bits per heavy atom. The number of nitrogens with zero attached hydrogens (tertiary/aromatic N) is 3. The Balaban J connectivity index is 2.06. The van der Waals surface area contributed by atoms with Gasteiger partial charge in [-0.15, -0.1) is 10.2 Å². The van der Waals surface area contributed by atoms with Crippen LogP contribution in [0.15, 0.2) is 6.33 Å². The average Bonchev–Trinajstić information content (AvgIpc) is 2.85. The third-order valence-corrected chi connectivity index (χ3v) is 2.97. The van der Waals surface area contributed by atoms with Crippen molar-refractivity contribution in [3.8, 4) is 0 Å². The molecule has 72 valence electrons. The van der Waals surface area contributed by atoms with Crippen molar-refractivity contribution >= 4 is 11.6 Å². The monoisotopic (exact) mass is 199 g/mol. The summed E-state index contributed by atoms with van der Waals surface area (Å²) in [6, 6.07) is 0.495. The van der Waals surface area contributed by atoms with E-state index in [1.54, 1.807) is 6.33 Å². The van der Waals surface area contributed by atoms with Crippen molar-refractivity contribution < 1.29 is 0 Å². The van der Waals surface area contributed by atoms with E-state index in [-0.39, 0.29) is 0 Å². The highest BCUT2D eigenvalue weighted by Gasteiger charge is 2.26. The lowest BCUT2D eigenvalue weighted by Gasteiger charge is -2.15. The number of halogens is 1. The maximum absolute atomic E-state index is 5.91. The van der Waals surface area contributed by atoms with E-state index in [1.807, 2.05) is 4.57 Å². The Labute approximate surface area is 83.1 Å². The minimum Gasteiger partial charge on any atom is -0.301 e. The van der Waals surface area contributed by atoms with Gasteiger partial charge in [0.1, 0.15) is 6.33 Å². The maximum Gasteiger partial charge on any atom is 0.225 e. The molecule has 0 aromatic carbocycles. The van der Waals surface area contributed by atoms with E-state index in [2.05, 4.69) is 17.1 Å². The first kappa shape index (κ1) is 9.00. The van der Waals surface area contributed by atoms with Crippen LogP contribution in [0.3, 0.4) is 0 Å². The van der Waals surface area contributed by atoms with Crippen molar-refractivity contribution in [2.75, 3.05) is 0 Å². The molecule has 0 radical (unpaired) electrons. The smallest absolute Gasteiger partial charge is 0.225 e. The highest BCUT2D eigenvalue weighted by atomic mass is 35.5. The zero-order valence-electron chi connectivity index (χ0n) is 7.78. The first-order chi connectivity index (χ1) is 6.31. The van der Waals surface area contributed by atoms with Gasteiger partial charge in [0.15, 0.2) is 0 Å². The van der Waals surface area contributed by atoms with Crippen LogP contribution in [0.4, 0.5) is 0 Å². The molecule has 1 aliphatic carbocycles. The van der Waals surface area contributed by atoms with Gasteiger partial charge in [-0.05, 0) is 30.4 Å². The highest BCUT2D eigenvalue weighted by Crippen LogP contribution is 2.38. The van der Waals surface area contributed by atoms with Crippen LogP contribution in [0, 0.1) is 5.92 Å². The lowest BCUT2D eigenvalue weighted by molar-refractivity contribution is 0.427. The molecule has 0 spiro atoms. The lowest BCUT2D eigenvalue weighted by Crippen LogP contribution is -2.08. The Bertz CT molecular complexity index is 280. The van der Waals surface area contributed by atoms with Gasteiger partial charge in [0, 0.05) is 6.04 Å². The quantitative estimate of drug-likeness (QED) is 0.747. The van der Waals surface area contributed by atoms with Crippen molar-refractivity contribution in [2.24, 2.45) is 5.92 Å². The van der Waals surface area contributed by atoms with Gasteiger partial charge in [0.05, 0.1) is 0 Å².